The smallest absolute Gasteiger partial charge is 0.307 e. The summed E-state index contributed by atoms with van der Waals surface area (Å²) in [6.45, 7) is 1.87. The highest BCUT2D eigenvalue weighted by molar-refractivity contribution is 9.10. The number of amides is 1. The van der Waals surface area contributed by atoms with Gasteiger partial charge >= 0.3 is 5.91 Å². The first-order valence-corrected chi connectivity index (χ1v) is 6.57. The fraction of sp³-hybridized carbons (Fsp3) is 0.143. The van der Waals surface area contributed by atoms with Crippen molar-refractivity contribution in [2.24, 2.45) is 5.10 Å². The molecule has 0 atom stereocenters. The molecule has 0 saturated heterocycles. The molecule has 4 nitrogen and oxygen atoms in total. The summed E-state index contributed by atoms with van der Waals surface area (Å²) >= 11 is 3.14. The van der Waals surface area contributed by atoms with E-state index in [9.17, 15) is 4.79 Å². The molecule has 0 aliphatic rings. The second-order valence-electron chi connectivity index (χ2n) is 4.05. The Kier molecular flexibility index (Phi) is 4.52. The van der Waals surface area contributed by atoms with Gasteiger partial charge in [0, 0.05) is 12.1 Å². The number of hydrazone groups is 1. The third-order valence-electron chi connectivity index (χ3n) is 2.45. The van der Waals surface area contributed by atoms with Gasteiger partial charge in [-0.3, -0.25) is 4.79 Å². The molecule has 0 radical (unpaired) electrons. The zero-order chi connectivity index (χ0) is 13.7. The monoisotopic (exact) mass is 320 g/mol. The van der Waals surface area contributed by atoms with Crippen LogP contribution in [0.4, 0.5) is 0 Å². The van der Waals surface area contributed by atoms with Crippen LogP contribution in [0.5, 0.6) is 0 Å². The van der Waals surface area contributed by atoms with Gasteiger partial charge in [0.25, 0.3) is 0 Å². The summed E-state index contributed by atoms with van der Waals surface area (Å²) in [7, 11) is 0. The summed E-state index contributed by atoms with van der Waals surface area (Å²) in [6, 6.07) is 13.2. The molecule has 0 aliphatic carbocycles. The lowest BCUT2D eigenvalue weighted by Gasteiger charge is -2.01. The van der Waals surface area contributed by atoms with Crippen molar-refractivity contribution >= 4 is 27.5 Å². The van der Waals surface area contributed by atoms with Crippen molar-refractivity contribution in [1.82, 2.24) is 5.43 Å². The van der Waals surface area contributed by atoms with E-state index in [1.165, 1.54) is 0 Å². The third kappa shape index (κ3) is 4.06. The first kappa shape index (κ1) is 13.5. The molecule has 0 aliphatic heterocycles. The quantitative estimate of drug-likeness (QED) is 0.693. The molecule has 0 saturated carbocycles. The first-order valence-electron chi connectivity index (χ1n) is 5.78. The molecule has 0 fully saturated rings. The third-order valence-corrected chi connectivity index (χ3v) is 2.87. The van der Waals surface area contributed by atoms with Crippen molar-refractivity contribution in [3.05, 3.63) is 58.5 Å². The van der Waals surface area contributed by atoms with Crippen molar-refractivity contribution in [3.63, 3.8) is 0 Å². The van der Waals surface area contributed by atoms with Gasteiger partial charge in [-0.2, -0.15) is 5.10 Å². The molecule has 1 N–H and O–H groups in total. The summed E-state index contributed by atoms with van der Waals surface area (Å²) in [6.07, 6.45) is 0.697. The van der Waals surface area contributed by atoms with Crippen LogP contribution in [0.25, 0.3) is 0 Å². The van der Waals surface area contributed by atoms with Crippen LogP contribution < -0.4 is 5.43 Å². The fourth-order valence-corrected chi connectivity index (χ4v) is 1.87. The van der Waals surface area contributed by atoms with Crippen LogP contribution in [-0.4, -0.2) is 11.6 Å². The van der Waals surface area contributed by atoms with Crippen molar-refractivity contribution in [1.29, 1.82) is 0 Å². The highest BCUT2D eigenvalue weighted by atomic mass is 79.9. The molecule has 2 rings (SSSR count). The molecule has 1 aromatic heterocycles. The molecule has 2 aromatic rings. The molecule has 1 heterocycles. The van der Waals surface area contributed by atoms with Crippen LogP contribution in [0.2, 0.25) is 0 Å². The molecule has 19 heavy (non-hydrogen) atoms. The van der Waals surface area contributed by atoms with Gasteiger partial charge in [-0.15, -0.1) is 0 Å². The predicted octanol–water partition coefficient (Wildman–Crippen LogP) is 3.39. The minimum absolute atomic E-state index is 0.225. The molecular weight excluding hydrogens is 308 g/mol. The van der Waals surface area contributed by atoms with Gasteiger partial charge in [0.15, 0.2) is 10.4 Å². The Morgan fingerprint density at radius 2 is 2.00 bits per heavy atom. The van der Waals surface area contributed by atoms with Crippen LogP contribution in [0, 0.1) is 0 Å². The minimum atomic E-state index is -0.363. The maximum atomic E-state index is 11.7. The molecular formula is C14H13BrN2O2. The van der Waals surface area contributed by atoms with E-state index in [0.29, 0.717) is 11.1 Å². The molecule has 0 unspecified atom stereocenters. The average molecular weight is 321 g/mol. The van der Waals surface area contributed by atoms with Crippen molar-refractivity contribution in [2.75, 3.05) is 0 Å². The number of nitrogens with zero attached hydrogens (tertiary/aromatic N) is 1. The van der Waals surface area contributed by atoms with Crippen LogP contribution in [0.1, 0.15) is 23.0 Å². The highest BCUT2D eigenvalue weighted by Gasteiger charge is 2.09. The number of rotatable bonds is 4. The Bertz CT molecular complexity index is 591. The van der Waals surface area contributed by atoms with E-state index < -0.39 is 0 Å². The topological polar surface area (TPSA) is 54.6 Å². The number of furan rings is 1. The number of nitrogens with one attached hydrogen (secondary N) is 1. The number of hydrogen-bond donors (Lipinski definition) is 1. The van der Waals surface area contributed by atoms with Gasteiger partial charge in [-0.25, -0.2) is 5.43 Å². The molecule has 0 spiro atoms. The number of benzene rings is 1. The predicted molar refractivity (Wildman–Crippen MR) is 77.1 cm³/mol. The van der Waals surface area contributed by atoms with Crippen LogP contribution in [-0.2, 0) is 6.42 Å². The first-order chi connectivity index (χ1) is 9.15. The maximum absolute atomic E-state index is 11.7. The average Bonchev–Trinajstić information content (AvgIpc) is 2.84. The van der Waals surface area contributed by atoms with Gasteiger partial charge in [0.1, 0.15) is 0 Å². The lowest BCUT2D eigenvalue weighted by Crippen LogP contribution is -2.19. The van der Waals surface area contributed by atoms with E-state index in [0.717, 1.165) is 11.3 Å². The van der Waals surface area contributed by atoms with Gasteiger partial charge < -0.3 is 4.42 Å². The van der Waals surface area contributed by atoms with E-state index in [-0.39, 0.29) is 11.7 Å². The number of carbonyl (C=O) groups excluding carboxylic acids is 1. The zero-order valence-electron chi connectivity index (χ0n) is 10.4. The van der Waals surface area contributed by atoms with Crippen LogP contribution >= 0.6 is 15.9 Å². The summed E-state index contributed by atoms with van der Waals surface area (Å²) < 4.78 is 5.65. The summed E-state index contributed by atoms with van der Waals surface area (Å²) in [5.41, 5.74) is 4.44. The van der Waals surface area contributed by atoms with Gasteiger partial charge in [-0.05, 0) is 40.5 Å². The highest BCUT2D eigenvalue weighted by Crippen LogP contribution is 2.13. The van der Waals surface area contributed by atoms with Gasteiger partial charge in [0.05, 0.1) is 0 Å². The van der Waals surface area contributed by atoms with Crippen molar-refractivity contribution in [2.45, 2.75) is 13.3 Å². The Morgan fingerprint density at radius 3 is 2.63 bits per heavy atom. The van der Waals surface area contributed by atoms with Gasteiger partial charge in [-0.1, -0.05) is 30.3 Å². The van der Waals surface area contributed by atoms with Crippen LogP contribution in [0.3, 0.4) is 0 Å². The molecule has 98 valence electrons. The Hall–Kier alpha value is -1.88. The van der Waals surface area contributed by atoms with E-state index >= 15 is 0 Å². The molecule has 5 heteroatoms. The van der Waals surface area contributed by atoms with Crippen molar-refractivity contribution < 1.29 is 9.21 Å². The number of carbonyl (C=O) groups is 1. The summed E-state index contributed by atoms with van der Waals surface area (Å²) in [5.74, 6) is -0.138. The van der Waals surface area contributed by atoms with Crippen molar-refractivity contribution in [3.8, 4) is 0 Å². The normalized spacial score (nSPS) is 11.4. The lowest BCUT2D eigenvalue weighted by atomic mass is 10.1. The van der Waals surface area contributed by atoms with E-state index in [2.05, 4.69) is 26.5 Å². The second-order valence-corrected chi connectivity index (χ2v) is 4.84. The Labute approximate surface area is 119 Å². The lowest BCUT2D eigenvalue weighted by molar-refractivity contribution is 0.0926. The molecule has 1 amide bonds. The molecule has 1 aromatic carbocycles. The summed E-state index contributed by atoms with van der Waals surface area (Å²) in [4.78, 5) is 11.7. The van der Waals surface area contributed by atoms with E-state index in [4.69, 9.17) is 4.42 Å². The number of hydrogen-bond acceptors (Lipinski definition) is 3. The largest absolute Gasteiger partial charge is 0.444 e. The van der Waals surface area contributed by atoms with Gasteiger partial charge in [0.2, 0.25) is 0 Å². The fourth-order valence-electron chi connectivity index (χ4n) is 1.57. The standard InChI is InChI=1S/C14H13BrN2O2/c1-10(9-11-5-3-2-4-6-11)16-17-14(18)12-7-8-13(15)19-12/h2-8H,9H2,1H3,(H,17,18)/b16-10-. The Morgan fingerprint density at radius 1 is 1.26 bits per heavy atom. The number of halogens is 1. The van der Waals surface area contributed by atoms with E-state index in [1.807, 2.05) is 37.3 Å². The second kappa shape index (κ2) is 6.33. The Balaban J connectivity index is 1.93. The zero-order valence-corrected chi connectivity index (χ0v) is 12.0. The van der Waals surface area contributed by atoms with Crippen LogP contribution in [0.15, 0.2) is 56.7 Å². The summed E-state index contributed by atoms with van der Waals surface area (Å²) in [5, 5.41) is 4.05. The minimum Gasteiger partial charge on any atom is -0.444 e. The molecule has 0 bridgehead atoms. The SMILES string of the molecule is C/C(Cc1ccccc1)=N/NC(=O)c1ccc(Br)o1. The van der Waals surface area contributed by atoms with E-state index in [1.54, 1.807) is 12.1 Å². The maximum Gasteiger partial charge on any atom is 0.307 e.